The fourth-order valence-corrected chi connectivity index (χ4v) is 4.27. The Morgan fingerprint density at radius 1 is 1.17 bits per heavy atom. The summed E-state index contributed by atoms with van der Waals surface area (Å²) < 4.78 is 0. The molecule has 0 spiro atoms. The number of hydrogen-bond donors (Lipinski definition) is 1. The van der Waals surface area contributed by atoms with Gasteiger partial charge >= 0.3 is 0 Å². The second kappa shape index (κ2) is 6.69. The first-order chi connectivity index (χ1) is 11.0. The van der Waals surface area contributed by atoms with Crippen molar-refractivity contribution in [1.29, 1.82) is 0 Å². The van der Waals surface area contributed by atoms with Crippen molar-refractivity contribution < 1.29 is 9.72 Å². The number of nitrogens with zero attached hydrogens (tertiary/aromatic N) is 1. The number of nitro benzene ring substituents is 1. The Morgan fingerprint density at radius 3 is 2.61 bits per heavy atom. The molecule has 2 fully saturated rings. The van der Waals surface area contributed by atoms with Crippen molar-refractivity contribution in [3.63, 3.8) is 0 Å². The predicted molar refractivity (Wildman–Crippen MR) is 88.4 cm³/mol. The Bertz CT molecular complexity index is 614. The van der Waals surface area contributed by atoms with Crippen molar-refractivity contribution in [3.8, 4) is 0 Å². The third-order valence-electron chi connectivity index (χ3n) is 5.53. The normalized spacial score (nSPS) is 27.1. The van der Waals surface area contributed by atoms with E-state index in [0.717, 1.165) is 24.7 Å². The Kier molecular flexibility index (Phi) is 4.64. The van der Waals surface area contributed by atoms with Crippen LogP contribution in [-0.2, 0) is 0 Å². The number of carbonyl (C=O) groups excluding carboxylic acids is 1. The smallest absolute Gasteiger partial charge is 0.272 e. The molecule has 0 radical (unpaired) electrons. The van der Waals surface area contributed by atoms with Gasteiger partial charge in [-0.05, 0) is 50.2 Å². The van der Waals surface area contributed by atoms with Crippen molar-refractivity contribution in [3.05, 3.63) is 39.4 Å². The van der Waals surface area contributed by atoms with Gasteiger partial charge in [-0.3, -0.25) is 14.9 Å². The lowest BCUT2D eigenvalue weighted by atomic mass is 9.69. The molecule has 1 amide bonds. The van der Waals surface area contributed by atoms with Gasteiger partial charge in [0.1, 0.15) is 0 Å². The lowest BCUT2D eigenvalue weighted by molar-refractivity contribution is -0.385. The number of hydrogen-bond acceptors (Lipinski definition) is 3. The maximum atomic E-state index is 12.4. The molecule has 0 heterocycles. The van der Waals surface area contributed by atoms with E-state index in [2.05, 4.69) is 5.32 Å². The predicted octanol–water partition coefficient (Wildman–Crippen LogP) is 3.99. The first-order valence-electron chi connectivity index (χ1n) is 8.60. The molecular weight excluding hydrogens is 292 g/mol. The maximum absolute atomic E-state index is 12.4. The summed E-state index contributed by atoms with van der Waals surface area (Å²) in [5, 5.41) is 14.0. The first-order valence-corrected chi connectivity index (χ1v) is 8.60. The lowest BCUT2D eigenvalue weighted by Gasteiger charge is -2.39. The van der Waals surface area contributed by atoms with Gasteiger partial charge in [0.25, 0.3) is 11.6 Å². The summed E-state index contributed by atoms with van der Waals surface area (Å²) in [5.41, 5.74) is 1.10. The zero-order chi connectivity index (χ0) is 16.4. The molecule has 5 heteroatoms. The van der Waals surface area contributed by atoms with E-state index < -0.39 is 4.92 Å². The summed E-state index contributed by atoms with van der Waals surface area (Å²) in [6, 6.07) is 4.83. The van der Waals surface area contributed by atoms with E-state index in [1.54, 1.807) is 19.1 Å². The highest BCUT2D eigenvalue weighted by Crippen LogP contribution is 2.40. The van der Waals surface area contributed by atoms with Crippen LogP contribution in [0.1, 0.15) is 60.9 Å². The standard InChI is InChI=1S/C18H24N2O3/c1-12-10-15(7-9-17(12)20(22)23)18(21)19-16-8-6-13-4-2-3-5-14(13)11-16/h7,9-10,13-14,16H,2-6,8,11H2,1H3,(H,19,21)/t13-,14+,16+/m0/s1. The zero-order valence-electron chi connectivity index (χ0n) is 13.6. The number of rotatable bonds is 3. The third-order valence-corrected chi connectivity index (χ3v) is 5.53. The van der Waals surface area contributed by atoms with E-state index in [0.29, 0.717) is 11.1 Å². The van der Waals surface area contributed by atoms with Crippen molar-refractivity contribution in [2.24, 2.45) is 11.8 Å². The summed E-state index contributed by atoms with van der Waals surface area (Å²) in [7, 11) is 0. The molecule has 1 aromatic rings. The molecule has 5 nitrogen and oxygen atoms in total. The summed E-state index contributed by atoms with van der Waals surface area (Å²) in [4.78, 5) is 22.9. The topological polar surface area (TPSA) is 72.2 Å². The van der Waals surface area contributed by atoms with E-state index in [9.17, 15) is 14.9 Å². The Balaban J connectivity index is 1.63. The van der Waals surface area contributed by atoms with E-state index >= 15 is 0 Å². The van der Waals surface area contributed by atoms with Crippen LogP contribution >= 0.6 is 0 Å². The van der Waals surface area contributed by atoms with Crippen LogP contribution < -0.4 is 5.32 Å². The monoisotopic (exact) mass is 316 g/mol. The zero-order valence-corrected chi connectivity index (χ0v) is 13.6. The quantitative estimate of drug-likeness (QED) is 0.677. The second-order valence-corrected chi connectivity index (χ2v) is 7.05. The Morgan fingerprint density at radius 2 is 1.91 bits per heavy atom. The van der Waals surface area contributed by atoms with Crippen molar-refractivity contribution in [1.82, 2.24) is 5.32 Å². The largest absolute Gasteiger partial charge is 0.349 e. The molecule has 0 saturated heterocycles. The highest BCUT2D eigenvalue weighted by Gasteiger charge is 2.32. The number of carbonyl (C=O) groups is 1. The van der Waals surface area contributed by atoms with Crippen molar-refractivity contribution >= 4 is 11.6 Å². The van der Waals surface area contributed by atoms with Crippen LogP contribution in [0.25, 0.3) is 0 Å². The van der Waals surface area contributed by atoms with Gasteiger partial charge < -0.3 is 5.32 Å². The molecule has 2 aliphatic rings. The van der Waals surface area contributed by atoms with Crippen molar-refractivity contribution in [2.75, 3.05) is 0 Å². The van der Waals surface area contributed by atoms with E-state index in [-0.39, 0.29) is 17.6 Å². The van der Waals surface area contributed by atoms with Gasteiger partial charge in [-0.2, -0.15) is 0 Å². The van der Waals surface area contributed by atoms with Gasteiger partial charge in [-0.15, -0.1) is 0 Å². The maximum Gasteiger partial charge on any atom is 0.272 e. The summed E-state index contributed by atoms with van der Waals surface area (Å²) >= 11 is 0. The minimum atomic E-state index is -0.415. The van der Waals surface area contributed by atoms with Crippen LogP contribution in [0.5, 0.6) is 0 Å². The molecule has 0 aromatic heterocycles. The van der Waals surface area contributed by atoms with Crippen LogP contribution in [0.3, 0.4) is 0 Å². The third kappa shape index (κ3) is 3.54. The van der Waals surface area contributed by atoms with E-state index in [1.165, 1.54) is 38.2 Å². The Labute approximate surface area is 136 Å². The van der Waals surface area contributed by atoms with Crippen LogP contribution in [0.2, 0.25) is 0 Å². The van der Waals surface area contributed by atoms with Crippen LogP contribution in [0.15, 0.2) is 18.2 Å². The molecule has 3 rings (SSSR count). The average Bonchev–Trinajstić information content (AvgIpc) is 2.54. The van der Waals surface area contributed by atoms with Crippen LogP contribution in [-0.4, -0.2) is 16.9 Å². The molecule has 1 N–H and O–H groups in total. The highest BCUT2D eigenvalue weighted by atomic mass is 16.6. The number of nitro groups is 1. The second-order valence-electron chi connectivity index (χ2n) is 7.05. The molecule has 2 saturated carbocycles. The summed E-state index contributed by atoms with van der Waals surface area (Å²) in [5.74, 6) is 1.52. The SMILES string of the molecule is Cc1cc(C(=O)N[C@@H]2CC[C@@H]3CCCC[C@@H]3C2)ccc1[N+](=O)[O-]. The molecule has 3 atom stereocenters. The van der Waals surface area contributed by atoms with Gasteiger partial charge in [0.2, 0.25) is 0 Å². The molecule has 124 valence electrons. The molecule has 0 bridgehead atoms. The highest BCUT2D eigenvalue weighted by molar-refractivity contribution is 5.94. The van der Waals surface area contributed by atoms with Gasteiger partial charge in [0.15, 0.2) is 0 Å². The molecule has 23 heavy (non-hydrogen) atoms. The molecule has 0 aliphatic heterocycles. The van der Waals surface area contributed by atoms with E-state index in [1.807, 2.05) is 0 Å². The number of amides is 1. The van der Waals surface area contributed by atoms with Gasteiger partial charge in [0, 0.05) is 23.2 Å². The molecule has 2 aliphatic carbocycles. The number of benzene rings is 1. The molecule has 0 unspecified atom stereocenters. The fourth-order valence-electron chi connectivity index (χ4n) is 4.27. The van der Waals surface area contributed by atoms with Gasteiger partial charge in [-0.25, -0.2) is 0 Å². The Hall–Kier alpha value is -1.91. The minimum Gasteiger partial charge on any atom is -0.349 e. The van der Waals surface area contributed by atoms with Gasteiger partial charge in [-0.1, -0.05) is 25.7 Å². The summed E-state index contributed by atoms with van der Waals surface area (Å²) in [6.07, 6.45) is 8.69. The van der Waals surface area contributed by atoms with Crippen molar-refractivity contribution in [2.45, 2.75) is 57.9 Å². The average molecular weight is 316 g/mol. The molecular formula is C18H24N2O3. The lowest BCUT2D eigenvalue weighted by Crippen LogP contribution is -2.41. The van der Waals surface area contributed by atoms with Crippen LogP contribution in [0, 0.1) is 28.9 Å². The number of aryl methyl sites for hydroxylation is 1. The fraction of sp³-hybridized carbons (Fsp3) is 0.611. The van der Waals surface area contributed by atoms with Gasteiger partial charge in [0.05, 0.1) is 4.92 Å². The number of fused-ring (bicyclic) bond motifs is 1. The number of nitrogens with one attached hydrogen (secondary N) is 1. The molecule has 1 aromatic carbocycles. The van der Waals surface area contributed by atoms with Crippen LogP contribution in [0.4, 0.5) is 5.69 Å². The minimum absolute atomic E-state index is 0.0595. The van der Waals surface area contributed by atoms with E-state index in [4.69, 9.17) is 0 Å². The first kappa shape index (κ1) is 16.0. The summed E-state index contributed by atoms with van der Waals surface area (Å²) in [6.45, 7) is 1.67.